The number of benzene rings is 1. The summed E-state index contributed by atoms with van der Waals surface area (Å²) in [7, 11) is 0. The molecule has 0 unspecified atom stereocenters. The molecule has 1 N–H and O–H groups in total. The molecule has 2 aromatic rings. The van der Waals surface area contributed by atoms with Crippen LogP contribution in [0.5, 0.6) is 0 Å². The first-order valence-corrected chi connectivity index (χ1v) is 6.96. The lowest BCUT2D eigenvalue weighted by Crippen LogP contribution is -2.25. The molecule has 0 aliphatic heterocycles. The molecule has 19 heavy (non-hydrogen) atoms. The standard InChI is InChI=1S/C15H19FN2O/c1-9-3-5-12(6-4-9)18-13-8-11(16)7-10(2)14(13)17-15(18)19/h7-9,12H,3-6H2,1-2H3,(H,17,19)/t9-,12-. The highest BCUT2D eigenvalue weighted by Crippen LogP contribution is 2.33. The first-order chi connectivity index (χ1) is 9.06. The summed E-state index contributed by atoms with van der Waals surface area (Å²) in [6, 6.07) is 3.14. The Bertz CT molecular complexity index is 663. The molecule has 1 saturated carbocycles. The summed E-state index contributed by atoms with van der Waals surface area (Å²) in [6.45, 7) is 4.08. The number of aromatic amines is 1. The minimum absolute atomic E-state index is 0.108. The van der Waals surface area contributed by atoms with Crippen molar-refractivity contribution in [3.8, 4) is 0 Å². The van der Waals surface area contributed by atoms with Gasteiger partial charge in [-0.1, -0.05) is 6.92 Å². The number of aryl methyl sites for hydroxylation is 1. The number of nitrogens with one attached hydrogen (secondary N) is 1. The summed E-state index contributed by atoms with van der Waals surface area (Å²) in [6.07, 6.45) is 4.28. The summed E-state index contributed by atoms with van der Waals surface area (Å²) in [5, 5.41) is 0. The summed E-state index contributed by atoms with van der Waals surface area (Å²) >= 11 is 0. The number of imidazole rings is 1. The first kappa shape index (κ1) is 12.5. The fraction of sp³-hybridized carbons (Fsp3) is 0.533. The van der Waals surface area contributed by atoms with Crippen LogP contribution in [0, 0.1) is 18.7 Å². The van der Waals surface area contributed by atoms with Crippen LogP contribution in [0.3, 0.4) is 0 Å². The van der Waals surface area contributed by atoms with E-state index >= 15 is 0 Å². The fourth-order valence-corrected chi connectivity index (χ4v) is 3.22. The lowest BCUT2D eigenvalue weighted by molar-refractivity contribution is 0.290. The van der Waals surface area contributed by atoms with Crippen molar-refractivity contribution >= 4 is 11.0 Å². The Labute approximate surface area is 111 Å². The van der Waals surface area contributed by atoms with E-state index in [-0.39, 0.29) is 17.5 Å². The molecule has 3 nitrogen and oxygen atoms in total. The minimum Gasteiger partial charge on any atom is -0.305 e. The van der Waals surface area contributed by atoms with Gasteiger partial charge in [-0.25, -0.2) is 9.18 Å². The molecule has 0 radical (unpaired) electrons. The molecule has 0 amide bonds. The molecule has 0 bridgehead atoms. The highest BCUT2D eigenvalue weighted by atomic mass is 19.1. The molecular weight excluding hydrogens is 243 g/mol. The molecule has 1 aromatic carbocycles. The van der Waals surface area contributed by atoms with Gasteiger partial charge in [0.25, 0.3) is 0 Å². The van der Waals surface area contributed by atoms with Crippen LogP contribution in [-0.4, -0.2) is 9.55 Å². The Morgan fingerprint density at radius 1 is 1.26 bits per heavy atom. The highest BCUT2D eigenvalue weighted by Gasteiger charge is 2.23. The number of H-pyrrole nitrogens is 1. The number of aromatic nitrogens is 2. The Kier molecular flexibility index (Phi) is 2.96. The van der Waals surface area contributed by atoms with Gasteiger partial charge in [-0.3, -0.25) is 4.57 Å². The Balaban J connectivity index is 2.13. The fourth-order valence-electron chi connectivity index (χ4n) is 3.22. The molecule has 1 aliphatic rings. The summed E-state index contributed by atoms with van der Waals surface area (Å²) in [5.41, 5.74) is 2.16. The zero-order valence-electron chi connectivity index (χ0n) is 11.4. The van der Waals surface area contributed by atoms with Crippen molar-refractivity contribution in [2.24, 2.45) is 5.92 Å². The largest absolute Gasteiger partial charge is 0.326 e. The quantitative estimate of drug-likeness (QED) is 0.838. The Morgan fingerprint density at radius 3 is 2.63 bits per heavy atom. The third-order valence-electron chi connectivity index (χ3n) is 4.34. The van der Waals surface area contributed by atoms with E-state index in [1.807, 2.05) is 6.92 Å². The number of fused-ring (bicyclic) bond motifs is 1. The monoisotopic (exact) mass is 262 g/mol. The molecule has 1 aliphatic carbocycles. The van der Waals surface area contributed by atoms with Crippen LogP contribution in [-0.2, 0) is 0 Å². The average molecular weight is 262 g/mol. The lowest BCUT2D eigenvalue weighted by atomic mass is 9.87. The van der Waals surface area contributed by atoms with Crippen molar-refractivity contribution < 1.29 is 4.39 Å². The van der Waals surface area contributed by atoms with Gasteiger partial charge in [0, 0.05) is 6.04 Å². The van der Waals surface area contributed by atoms with Gasteiger partial charge in [0.1, 0.15) is 5.82 Å². The first-order valence-electron chi connectivity index (χ1n) is 6.96. The number of halogens is 1. The maximum atomic E-state index is 13.6. The topological polar surface area (TPSA) is 37.8 Å². The molecular formula is C15H19FN2O. The van der Waals surface area contributed by atoms with E-state index in [1.54, 1.807) is 4.57 Å². The second-order valence-corrected chi connectivity index (χ2v) is 5.83. The summed E-state index contributed by atoms with van der Waals surface area (Å²) in [5.74, 6) is 0.456. The molecule has 1 heterocycles. The van der Waals surface area contributed by atoms with Gasteiger partial charge in [-0.15, -0.1) is 0 Å². The second kappa shape index (κ2) is 4.51. The van der Waals surface area contributed by atoms with Crippen molar-refractivity contribution in [2.75, 3.05) is 0 Å². The van der Waals surface area contributed by atoms with Gasteiger partial charge >= 0.3 is 5.69 Å². The van der Waals surface area contributed by atoms with Gasteiger partial charge in [-0.2, -0.15) is 0 Å². The molecule has 1 fully saturated rings. The number of rotatable bonds is 1. The van der Waals surface area contributed by atoms with Crippen LogP contribution in [0.4, 0.5) is 4.39 Å². The van der Waals surface area contributed by atoms with E-state index < -0.39 is 0 Å². The third kappa shape index (κ3) is 2.09. The zero-order chi connectivity index (χ0) is 13.6. The molecule has 0 saturated heterocycles. The van der Waals surface area contributed by atoms with Crippen LogP contribution in [0.2, 0.25) is 0 Å². The normalized spacial score (nSPS) is 23.9. The molecule has 1 aromatic heterocycles. The minimum atomic E-state index is -0.276. The highest BCUT2D eigenvalue weighted by molar-refractivity contribution is 5.79. The van der Waals surface area contributed by atoms with Gasteiger partial charge < -0.3 is 4.98 Å². The SMILES string of the molecule is Cc1cc(F)cc2c1[nH]c(=O)n2[C@H]1CC[C@H](C)CC1. The number of nitrogens with zero attached hydrogens (tertiary/aromatic N) is 1. The van der Waals surface area contributed by atoms with Crippen LogP contribution in [0.25, 0.3) is 11.0 Å². The van der Waals surface area contributed by atoms with Gasteiger partial charge in [0.2, 0.25) is 0 Å². The van der Waals surface area contributed by atoms with E-state index in [9.17, 15) is 9.18 Å². The van der Waals surface area contributed by atoms with Gasteiger partial charge in [0.05, 0.1) is 11.0 Å². The van der Waals surface area contributed by atoms with Gasteiger partial charge in [0.15, 0.2) is 0 Å². The Hall–Kier alpha value is -1.58. The van der Waals surface area contributed by atoms with E-state index in [4.69, 9.17) is 0 Å². The number of hydrogen-bond donors (Lipinski definition) is 1. The van der Waals surface area contributed by atoms with Crippen molar-refractivity contribution in [2.45, 2.75) is 45.6 Å². The third-order valence-corrected chi connectivity index (χ3v) is 4.34. The molecule has 3 rings (SSSR count). The van der Waals surface area contributed by atoms with Crippen LogP contribution in [0.15, 0.2) is 16.9 Å². The smallest absolute Gasteiger partial charge is 0.305 e. The number of hydrogen-bond acceptors (Lipinski definition) is 1. The average Bonchev–Trinajstić information content (AvgIpc) is 2.67. The second-order valence-electron chi connectivity index (χ2n) is 5.83. The predicted octanol–water partition coefficient (Wildman–Crippen LogP) is 3.53. The van der Waals surface area contributed by atoms with Crippen molar-refractivity contribution in [1.29, 1.82) is 0 Å². The summed E-state index contributed by atoms with van der Waals surface area (Å²) < 4.78 is 15.3. The molecule has 0 atom stereocenters. The maximum absolute atomic E-state index is 13.6. The van der Waals surface area contributed by atoms with E-state index in [2.05, 4.69) is 11.9 Å². The summed E-state index contributed by atoms with van der Waals surface area (Å²) in [4.78, 5) is 15.0. The van der Waals surface area contributed by atoms with Crippen molar-refractivity contribution in [3.05, 3.63) is 34.0 Å². The lowest BCUT2D eigenvalue weighted by Gasteiger charge is -2.27. The van der Waals surface area contributed by atoms with Crippen LogP contribution < -0.4 is 5.69 Å². The zero-order valence-corrected chi connectivity index (χ0v) is 11.4. The molecule has 102 valence electrons. The molecule has 0 spiro atoms. The van der Waals surface area contributed by atoms with Crippen molar-refractivity contribution in [3.63, 3.8) is 0 Å². The van der Waals surface area contributed by atoms with Crippen molar-refractivity contribution in [1.82, 2.24) is 9.55 Å². The predicted molar refractivity (Wildman–Crippen MR) is 73.9 cm³/mol. The van der Waals surface area contributed by atoms with Gasteiger partial charge in [-0.05, 0) is 56.2 Å². The van der Waals surface area contributed by atoms with Crippen LogP contribution in [0.1, 0.15) is 44.2 Å². The van der Waals surface area contributed by atoms with Crippen LogP contribution >= 0.6 is 0 Å². The van der Waals surface area contributed by atoms with E-state index in [0.717, 1.165) is 42.7 Å². The molecule has 4 heteroatoms. The Morgan fingerprint density at radius 2 is 1.95 bits per heavy atom. The van der Waals surface area contributed by atoms with E-state index in [1.165, 1.54) is 12.1 Å². The maximum Gasteiger partial charge on any atom is 0.326 e. The van der Waals surface area contributed by atoms with E-state index in [0.29, 0.717) is 5.52 Å².